The standard InChI is InChI=1S/C22H26N2O4S/c1-14(2)18-6-5-7-19(15(3)4)22(18)23-29(27,28)17-10-8-16(9-11-17)24-20(25)12-13-21(24)26/h5-11,14-15,23H,12-13H2,1-4H3. The molecule has 3 rings (SSSR count). The van der Waals surface area contributed by atoms with Gasteiger partial charge in [0.05, 0.1) is 16.3 Å². The first-order valence-corrected chi connectivity index (χ1v) is 11.2. The summed E-state index contributed by atoms with van der Waals surface area (Å²) in [5.74, 6) is -0.228. The number of amides is 2. The largest absolute Gasteiger partial charge is 0.279 e. The van der Waals surface area contributed by atoms with Crippen LogP contribution >= 0.6 is 0 Å². The van der Waals surface area contributed by atoms with Crippen LogP contribution in [0, 0.1) is 0 Å². The third-order valence-corrected chi connectivity index (χ3v) is 6.43. The Morgan fingerprint density at radius 2 is 1.31 bits per heavy atom. The first kappa shape index (κ1) is 21.0. The van der Waals surface area contributed by atoms with E-state index >= 15 is 0 Å². The number of anilines is 2. The Hall–Kier alpha value is -2.67. The molecule has 0 spiro atoms. The molecule has 1 aliphatic heterocycles. The molecule has 0 aromatic heterocycles. The number of para-hydroxylation sites is 1. The van der Waals surface area contributed by atoms with Crippen LogP contribution in [-0.4, -0.2) is 20.2 Å². The monoisotopic (exact) mass is 414 g/mol. The van der Waals surface area contributed by atoms with E-state index in [-0.39, 0.29) is 41.4 Å². The molecule has 2 amide bonds. The second kappa shape index (κ2) is 7.99. The average molecular weight is 415 g/mol. The highest BCUT2D eigenvalue weighted by molar-refractivity contribution is 7.92. The molecule has 0 aliphatic carbocycles. The maximum atomic E-state index is 13.1. The van der Waals surface area contributed by atoms with Crippen molar-refractivity contribution < 1.29 is 18.0 Å². The van der Waals surface area contributed by atoms with Crippen LogP contribution in [0.1, 0.15) is 63.5 Å². The Bertz CT molecular complexity index is 999. The Balaban J connectivity index is 1.95. The molecule has 0 bridgehead atoms. The van der Waals surface area contributed by atoms with Gasteiger partial charge in [-0.1, -0.05) is 45.9 Å². The van der Waals surface area contributed by atoms with Gasteiger partial charge in [-0.25, -0.2) is 8.42 Å². The van der Waals surface area contributed by atoms with E-state index in [4.69, 9.17) is 0 Å². The topological polar surface area (TPSA) is 83.6 Å². The third-order valence-electron chi connectivity index (χ3n) is 5.07. The van der Waals surface area contributed by atoms with Crippen molar-refractivity contribution in [2.45, 2.75) is 57.3 Å². The van der Waals surface area contributed by atoms with Crippen LogP contribution in [0.3, 0.4) is 0 Å². The van der Waals surface area contributed by atoms with E-state index in [0.717, 1.165) is 16.0 Å². The molecule has 0 unspecified atom stereocenters. The van der Waals surface area contributed by atoms with E-state index in [1.165, 1.54) is 24.3 Å². The summed E-state index contributed by atoms with van der Waals surface area (Å²) in [5.41, 5.74) is 2.88. The van der Waals surface area contributed by atoms with Gasteiger partial charge in [0.15, 0.2) is 0 Å². The number of benzene rings is 2. The van der Waals surface area contributed by atoms with Gasteiger partial charge in [-0.3, -0.25) is 19.2 Å². The summed E-state index contributed by atoms with van der Waals surface area (Å²) in [6.45, 7) is 8.10. The molecule has 0 atom stereocenters. The molecule has 29 heavy (non-hydrogen) atoms. The second-order valence-electron chi connectivity index (χ2n) is 7.84. The van der Waals surface area contributed by atoms with Crippen molar-refractivity contribution in [1.29, 1.82) is 0 Å². The van der Waals surface area contributed by atoms with Crippen molar-refractivity contribution in [2.24, 2.45) is 0 Å². The van der Waals surface area contributed by atoms with Crippen LogP contribution in [-0.2, 0) is 19.6 Å². The molecular weight excluding hydrogens is 388 g/mol. The summed E-state index contributed by atoms with van der Waals surface area (Å²) >= 11 is 0. The summed E-state index contributed by atoms with van der Waals surface area (Å²) in [5, 5.41) is 0. The van der Waals surface area contributed by atoms with Gasteiger partial charge in [0.1, 0.15) is 0 Å². The molecule has 0 saturated carbocycles. The predicted molar refractivity (Wildman–Crippen MR) is 114 cm³/mol. The zero-order valence-electron chi connectivity index (χ0n) is 17.1. The minimum absolute atomic E-state index is 0.0774. The van der Waals surface area contributed by atoms with E-state index in [9.17, 15) is 18.0 Å². The average Bonchev–Trinajstić information content (AvgIpc) is 2.99. The molecule has 2 aromatic carbocycles. The number of rotatable bonds is 6. The van der Waals surface area contributed by atoms with Gasteiger partial charge in [-0.2, -0.15) is 0 Å². The van der Waals surface area contributed by atoms with Gasteiger partial charge in [-0.15, -0.1) is 0 Å². The highest BCUT2D eigenvalue weighted by atomic mass is 32.2. The van der Waals surface area contributed by atoms with Crippen LogP contribution in [0.5, 0.6) is 0 Å². The minimum Gasteiger partial charge on any atom is -0.279 e. The van der Waals surface area contributed by atoms with Crippen molar-refractivity contribution in [2.75, 3.05) is 9.62 Å². The molecule has 7 heteroatoms. The van der Waals surface area contributed by atoms with Crippen molar-refractivity contribution in [3.8, 4) is 0 Å². The van der Waals surface area contributed by atoms with Crippen molar-refractivity contribution in [3.05, 3.63) is 53.6 Å². The van der Waals surface area contributed by atoms with Crippen molar-refractivity contribution >= 4 is 33.2 Å². The zero-order chi connectivity index (χ0) is 21.3. The minimum atomic E-state index is -3.83. The number of nitrogens with zero attached hydrogens (tertiary/aromatic N) is 1. The highest BCUT2D eigenvalue weighted by Crippen LogP contribution is 2.34. The van der Waals surface area contributed by atoms with Gasteiger partial charge < -0.3 is 0 Å². The van der Waals surface area contributed by atoms with Gasteiger partial charge in [0.2, 0.25) is 11.8 Å². The molecule has 1 N–H and O–H groups in total. The van der Waals surface area contributed by atoms with E-state index in [0.29, 0.717) is 11.4 Å². The van der Waals surface area contributed by atoms with Gasteiger partial charge >= 0.3 is 0 Å². The molecule has 1 fully saturated rings. The summed E-state index contributed by atoms with van der Waals surface area (Å²) in [4.78, 5) is 25.0. The van der Waals surface area contributed by atoms with Crippen LogP contribution in [0.2, 0.25) is 0 Å². The number of hydrogen-bond acceptors (Lipinski definition) is 4. The summed E-state index contributed by atoms with van der Waals surface area (Å²) in [6, 6.07) is 11.6. The van der Waals surface area contributed by atoms with Crippen LogP contribution < -0.4 is 9.62 Å². The molecule has 2 aromatic rings. The normalized spacial score (nSPS) is 14.9. The first-order chi connectivity index (χ1) is 13.6. The summed E-state index contributed by atoms with van der Waals surface area (Å²) in [7, 11) is -3.83. The number of hydrogen-bond donors (Lipinski definition) is 1. The van der Waals surface area contributed by atoms with Gasteiger partial charge in [0.25, 0.3) is 10.0 Å². The van der Waals surface area contributed by atoms with Gasteiger partial charge in [-0.05, 0) is 47.2 Å². The Labute approximate surface area is 172 Å². The van der Waals surface area contributed by atoms with Crippen LogP contribution in [0.15, 0.2) is 47.4 Å². The lowest BCUT2D eigenvalue weighted by Crippen LogP contribution is -2.28. The quantitative estimate of drug-likeness (QED) is 0.711. The fourth-order valence-corrected chi connectivity index (χ4v) is 4.62. The lowest BCUT2D eigenvalue weighted by atomic mass is 9.93. The highest BCUT2D eigenvalue weighted by Gasteiger charge is 2.30. The Kier molecular flexibility index (Phi) is 5.80. The Morgan fingerprint density at radius 3 is 1.76 bits per heavy atom. The number of carbonyl (C=O) groups is 2. The van der Waals surface area contributed by atoms with Crippen molar-refractivity contribution in [1.82, 2.24) is 0 Å². The molecular formula is C22H26N2O4S. The summed E-state index contributed by atoms with van der Waals surface area (Å²) < 4.78 is 28.9. The van der Waals surface area contributed by atoms with E-state index in [2.05, 4.69) is 4.72 Å². The Morgan fingerprint density at radius 1 is 0.828 bits per heavy atom. The molecule has 6 nitrogen and oxygen atoms in total. The third kappa shape index (κ3) is 4.19. The van der Waals surface area contributed by atoms with Crippen molar-refractivity contribution in [3.63, 3.8) is 0 Å². The molecule has 1 saturated heterocycles. The number of nitrogens with one attached hydrogen (secondary N) is 1. The van der Waals surface area contributed by atoms with E-state index in [1.807, 2.05) is 45.9 Å². The van der Waals surface area contributed by atoms with Crippen LogP contribution in [0.4, 0.5) is 11.4 Å². The lowest BCUT2D eigenvalue weighted by Gasteiger charge is -2.21. The maximum absolute atomic E-state index is 13.1. The number of imide groups is 1. The first-order valence-electron chi connectivity index (χ1n) is 9.73. The predicted octanol–water partition coefficient (Wildman–Crippen LogP) is 4.39. The number of sulfonamides is 1. The maximum Gasteiger partial charge on any atom is 0.261 e. The molecule has 0 radical (unpaired) electrons. The fraction of sp³-hybridized carbons (Fsp3) is 0.364. The zero-order valence-corrected chi connectivity index (χ0v) is 17.9. The summed E-state index contributed by atoms with van der Waals surface area (Å²) in [6.07, 6.45) is 0.370. The smallest absolute Gasteiger partial charge is 0.261 e. The molecule has 1 heterocycles. The van der Waals surface area contributed by atoms with Gasteiger partial charge in [0, 0.05) is 12.8 Å². The lowest BCUT2D eigenvalue weighted by molar-refractivity contribution is -0.121. The second-order valence-corrected chi connectivity index (χ2v) is 9.53. The fourth-order valence-electron chi connectivity index (χ4n) is 3.50. The SMILES string of the molecule is CC(C)c1cccc(C(C)C)c1NS(=O)(=O)c1ccc(N2C(=O)CCC2=O)cc1. The number of carbonyl (C=O) groups excluding carboxylic acids is 2. The van der Waals surface area contributed by atoms with E-state index in [1.54, 1.807) is 0 Å². The van der Waals surface area contributed by atoms with Crippen LogP contribution in [0.25, 0.3) is 0 Å². The van der Waals surface area contributed by atoms with E-state index < -0.39 is 10.0 Å². The molecule has 154 valence electrons. The molecule has 1 aliphatic rings.